The van der Waals surface area contributed by atoms with E-state index in [1.807, 2.05) is 0 Å². The Labute approximate surface area is 253 Å². The molecule has 0 aromatic carbocycles. The number of esters is 2. The van der Waals surface area contributed by atoms with Gasteiger partial charge in [-0.25, -0.2) is 0 Å². The summed E-state index contributed by atoms with van der Waals surface area (Å²) in [5.41, 5.74) is 0.337. The highest BCUT2D eigenvalue weighted by atomic mass is 16.5. The molecule has 0 amide bonds. The normalized spacial score (nSPS) is 46.8. The molecule has 0 aromatic heterocycles. The molecular weight excluding hydrogens is 528 g/mol. The van der Waals surface area contributed by atoms with Crippen LogP contribution in [0.15, 0.2) is 0 Å². The molecule has 10 atom stereocenters. The number of rotatable bonds is 6. The van der Waals surface area contributed by atoms with Gasteiger partial charge in [-0.3, -0.25) is 14.5 Å². The standard InChI is InChI=1S/C35H57N2O5/c1-23(38)41-32-19-26-9-10-27-28(35(26,4)21-30(32)36-13-17-40-18-14-36)11-12-34(3)29(27)20-31(33(34)42-24(2)39)37(15-5-6-16-37)22-25-7-8-25/h25-33H,5-22H2,1-4H3/q+1/t26-,27?,28?,29?,30-,31-,32-,33-,34-,35-/m0/s1. The quantitative estimate of drug-likeness (QED) is 0.315. The van der Waals surface area contributed by atoms with Crippen molar-refractivity contribution in [1.29, 1.82) is 0 Å². The van der Waals surface area contributed by atoms with Gasteiger partial charge in [0.15, 0.2) is 6.10 Å². The highest BCUT2D eigenvalue weighted by molar-refractivity contribution is 5.66. The van der Waals surface area contributed by atoms with Gasteiger partial charge < -0.3 is 18.7 Å². The van der Waals surface area contributed by atoms with Crippen LogP contribution in [0.2, 0.25) is 0 Å². The molecule has 7 aliphatic rings. The predicted octanol–water partition coefficient (Wildman–Crippen LogP) is 5.20. The minimum absolute atomic E-state index is 0.00441. The Kier molecular flexibility index (Phi) is 7.74. The number of carbonyl (C=O) groups is 2. The Morgan fingerprint density at radius 3 is 2.26 bits per heavy atom. The first-order valence-electron chi connectivity index (χ1n) is 17.6. The molecule has 0 N–H and O–H groups in total. The molecular formula is C35H57N2O5+. The number of carbonyl (C=O) groups excluding carboxylic acids is 2. The van der Waals surface area contributed by atoms with Crippen LogP contribution in [0, 0.1) is 40.4 Å². The van der Waals surface area contributed by atoms with Crippen LogP contribution in [-0.4, -0.2) is 91.6 Å². The summed E-state index contributed by atoms with van der Waals surface area (Å²) >= 11 is 0. The van der Waals surface area contributed by atoms with Crippen LogP contribution in [0.4, 0.5) is 0 Å². The summed E-state index contributed by atoms with van der Waals surface area (Å²) in [5.74, 6) is 3.32. The van der Waals surface area contributed by atoms with Crippen molar-refractivity contribution in [3.63, 3.8) is 0 Å². The minimum Gasteiger partial charge on any atom is -0.461 e. The van der Waals surface area contributed by atoms with E-state index in [4.69, 9.17) is 14.2 Å². The molecule has 5 saturated carbocycles. The SMILES string of the molecule is CC(=O)O[C@H]1C[C@@H]2CCC3C4C[C@H]([N+]5(CC6CC6)CCCC5)[C@H](OC(C)=O)[C@@]4(C)CCC3[C@@]2(C)C[C@@H]1N1CCOCC1. The molecule has 7 rings (SSSR count). The Morgan fingerprint density at radius 1 is 0.881 bits per heavy atom. The van der Waals surface area contributed by atoms with Gasteiger partial charge in [0, 0.05) is 63.6 Å². The third-order valence-electron chi connectivity index (χ3n) is 14.2. The largest absolute Gasteiger partial charge is 0.461 e. The molecule has 5 aliphatic carbocycles. The van der Waals surface area contributed by atoms with Gasteiger partial charge in [-0.15, -0.1) is 0 Å². The van der Waals surface area contributed by atoms with Crippen LogP contribution in [0.1, 0.15) is 98.3 Å². The average molecular weight is 586 g/mol. The van der Waals surface area contributed by atoms with E-state index in [-0.39, 0.29) is 41.0 Å². The maximum absolute atomic E-state index is 12.7. The van der Waals surface area contributed by atoms with Crippen LogP contribution in [0.5, 0.6) is 0 Å². The first-order valence-corrected chi connectivity index (χ1v) is 17.6. The van der Waals surface area contributed by atoms with E-state index in [1.54, 1.807) is 13.8 Å². The molecule has 42 heavy (non-hydrogen) atoms. The first-order chi connectivity index (χ1) is 20.1. The Bertz CT molecular complexity index is 1030. The summed E-state index contributed by atoms with van der Waals surface area (Å²) in [6.07, 6.45) is 13.8. The summed E-state index contributed by atoms with van der Waals surface area (Å²) < 4.78 is 19.5. The van der Waals surface area contributed by atoms with Gasteiger partial charge in [0.1, 0.15) is 12.1 Å². The molecule has 0 aromatic rings. The average Bonchev–Trinajstić information content (AvgIpc) is 3.55. The van der Waals surface area contributed by atoms with E-state index in [0.717, 1.165) is 45.1 Å². The highest BCUT2D eigenvalue weighted by Crippen LogP contribution is 2.68. The molecule has 3 unspecified atom stereocenters. The van der Waals surface area contributed by atoms with Gasteiger partial charge in [0.2, 0.25) is 0 Å². The van der Waals surface area contributed by atoms with Crippen LogP contribution in [-0.2, 0) is 23.8 Å². The Morgan fingerprint density at radius 2 is 1.60 bits per heavy atom. The number of likely N-dealkylation sites (tertiary alicyclic amines) is 1. The lowest BCUT2D eigenvalue weighted by Gasteiger charge is -2.62. The number of ether oxygens (including phenoxy) is 3. The van der Waals surface area contributed by atoms with E-state index in [2.05, 4.69) is 18.7 Å². The fraction of sp³-hybridized carbons (Fsp3) is 0.943. The number of morpholine rings is 1. The molecule has 0 bridgehead atoms. The van der Waals surface area contributed by atoms with Crippen molar-refractivity contribution < 1.29 is 28.3 Å². The van der Waals surface area contributed by atoms with Crippen LogP contribution in [0.3, 0.4) is 0 Å². The molecule has 7 nitrogen and oxygen atoms in total. The number of quaternary nitrogens is 1. The Balaban J connectivity index is 1.18. The summed E-state index contributed by atoms with van der Waals surface area (Å²) in [6, 6.07) is 0.755. The van der Waals surface area contributed by atoms with Gasteiger partial charge in [0.25, 0.3) is 0 Å². The summed E-state index contributed by atoms with van der Waals surface area (Å²) in [4.78, 5) is 27.4. The van der Waals surface area contributed by atoms with Crippen molar-refractivity contribution in [3.8, 4) is 0 Å². The van der Waals surface area contributed by atoms with Gasteiger partial charge in [0.05, 0.1) is 32.8 Å². The maximum Gasteiger partial charge on any atom is 0.303 e. The molecule has 0 spiro atoms. The highest BCUT2D eigenvalue weighted by Gasteiger charge is 2.68. The second kappa shape index (κ2) is 11.0. The predicted molar refractivity (Wildman–Crippen MR) is 160 cm³/mol. The molecule has 7 fully saturated rings. The van der Waals surface area contributed by atoms with Crippen LogP contribution >= 0.6 is 0 Å². The number of hydrogen-bond donors (Lipinski definition) is 0. The number of fused-ring (bicyclic) bond motifs is 5. The zero-order valence-electron chi connectivity index (χ0n) is 26.9. The van der Waals surface area contributed by atoms with Gasteiger partial charge >= 0.3 is 11.9 Å². The third-order valence-corrected chi connectivity index (χ3v) is 14.2. The van der Waals surface area contributed by atoms with Gasteiger partial charge in [-0.2, -0.15) is 0 Å². The van der Waals surface area contributed by atoms with E-state index in [1.165, 1.54) is 81.9 Å². The zero-order valence-corrected chi connectivity index (χ0v) is 26.9. The molecule has 236 valence electrons. The van der Waals surface area contributed by atoms with E-state index < -0.39 is 0 Å². The first kappa shape index (κ1) is 29.5. The lowest BCUT2D eigenvalue weighted by molar-refractivity contribution is -0.944. The smallest absolute Gasteiger partial charge is 0.303 e. The molecule has 2 aliphatic heterocycles. The summed E-state index contributed by atoms with van der Waals surface area (Å²) in [7, 11) is 0. The number of nitrogens with zero attached hydrogens (tertiary/aromatic N) is 2. The molecule has 7 heteroatoms. The van der Waals surface area contributed by atoms with Crippen molar-refractivity contribution in [3.05, 3.63) is 0 Å². The lowest BCUT2D eigenvalue weighted by atomic mass is 9.44. The summed E-state index contributed by atoms with van der Waals surface area (Å²) in [6.45, 7) is 15.7. The second-order valence-corrected chi connectivity index (χ2v) is 16.3. The lowest BCUT2D eigenvalue weighted by Crippen LogP contribution is -2.62. The van der Waals surface area contributed by atoms with Crippen LogP contribution in [0.25, 0.3) is 0 Å². The van der Waals surface area contributed by atoms with Crippen LogP contribution < -0.4 is 0 Å². The monoisotopic (exact) mass is 585 g/mol. The molecule has 0 radical (unpaired) electrons. The minimum atomic E-state index is -0.136. The topological polar surface area (TPSA) is 65.1 Å². The Hall–Kier alpha value is -1.18. The summed E-state index contributed by atoms with van der Waals surface area (Å²) in [5, 5.41) is 0. The van der Waals surface area contributed by atoms with Crippen molar-refractivity contribution >= 4 is 11.9 Å². The fourth-order valence-electron chi connectivity index (χ4n) is 12.2. The fourth-order valence-corrected chi connectivity index (χ4v) is 12.2. The van der Waals surface area contributed by atoms with Crippen molar-refractivity contribution in [2.24, 2.45) is 40.4 Å². The third kappa shape index (κ3) is 4.96. The second-order valence-electron chi connectivity index (χ2n) is 16.3. The molecule has 2 saturated heterocycles. The van der Waals surface area contributed by atoms with Gasteiger partial charge in [-0.1, -0.05) is 13.8 Å². The van der Waals surface area contributed by atoms with Gasteiger partial charge in [-0.05, 0) is 80.5 Å². The maximum atomic E-state index is 12.7. The molecule has 2 heterocycles. The number of hydrogen-bond acceptors (Lipinski definition) is 6. The van der Waals surface area contributed by atoms with Crippen molar-refractivity contribution in [2.45, 2.75) is 123 Å². The zero-order chi connectivity index (χ0) is 29.3. The van der Waals surface area contributed by atoms with Crippen molar-refractivity contribution in [2.75, 3.05) is 45.9 Å². The van der Waals surface area contributed by atoms with E-state index >= 15 is 0 Å². The van der Waals surface area contributed by atoms with Crippen molar-refractivity contribution in [1.82, 2.24) is 4.90 Å². The van der Waals surface area contributed by atoms with E-state index in [0.29, 0.717) is 29.7 Å². The van der Waals surface area contributed by atoms with E-state index in [9.17, 15) is 9.59 Å².